The van der Waals surface area contributed by atoms with Crippen LogP contribution in [-0.2, 0) is 11.3 Å². The number of likely N-dealkylation sites (tertiary alicyclic amines) is 1. The van der Waals surface area contributed by atoms with E-state index in [9.17, 15) is 4.79 Å². The van der Waals surface area contributed by atoms with Gasteiger partial charge in [0.1, 0.15) is 5.75 Å². The molecule has 2 aliphatic rings. The van der Waals surface area contributed by atoms with Crippen molar-refractivity contribution in [3.05, 3.63) is 71.5 Å². The topological polar surface area (TPSA) is 93.8 Å². The normalized spacial score (nSPS) is 18.5. The number of benzene rings is 2. The van der Waals surface area contributed by atoms with Gasteiger partial charge in [0.15, 0.2) is 0 Å². The Morgan fingerprint density at radius 3 is 2.80 bits per heavy atom. The van der Waals surface area contributed by atoms with Crippen molar-refractivity contribution in [1.29, 1.82) is 0 Å². The molecule has 35 heavy (non-hydrogen) atoms. The summed E-state index contributed by atoms with van der Waals surface area (Å²) in [5.41, 5.74) is 10.4. The Morgan fingerprint density at radius 1 is 1.14 bits per heavy atom. The number of carbonyl (C=O) groups is 1. The number of nitrogen functional groups attached to an aromatic ring is 1. The Hall–Kier alpha value is -3.49. The standard InChI is InChI=1S/C27H31N5O3/c1-34-21-8-4-7-19(16-21)23-17-29-27(28)30-25(23)24-10-5-11-32(24)26(33)22-9-3-2-6-20(22)18-31-12-14-35-15-13-31/h2-4,6-9,16-17,24H,5,10-15,18H2,1H3,(H2,28,29,30)/t24-/m0/s1. The summed E-state index contributed by atoms with van der Waals surface area (Å²) in [6.45, 7) is 4.62. The van der Waals surface area contributed by atoms with Crippen LogP contribution in [-0.4, -0.2) is 65.6 Å². The number of nitrogens with zero attached hydrogens (tertiary/aromatic N) is 4. The van der Waals surface area contributed by atoms with Crippen LogP contribution in [0.4, 0.5) is 5.95 Å². The largest absolute Gasteiger partial charge is 0.497 e. The number of carbonyl (C=O) groups excluding carboxylic acids is 1. The van der Waals surface area contributed by atoms with Gasteiger partial charge in [-0.3, -0.25) is 9.69 Å². The summed E-state index contributed by atoms with van der Waals surface area (Å²) in [5.74, 6) is 0.991. The number of rotatable bonds is 6. The number of anilines is 1. The molecular weight excluding hydrogens is 442 g/mol. The Bertz CT molecular complexity index is 1190. The molecule has 2 saturated heterocycles. The number of hydrogen-bond acceptors (Lipinski definition) is 7. The number of aromatic nitrogens is 2. The first-order valence-corrected chi connectivity index (χ1v) is 12.1. The molecule has 182 valence electrons. The molecular formula is C27H31N5O3. The molecule has 0 unspecified atom stereocenters. The van der Waals surface area contributed by atoms with E-state index in [1.54, 1.807) is 13.3 Å². The van der Waals surface area contributed by atoms with Gasteiger partial charge in [0.2, 0.25) is 5.95 Å². The van der Waals surface area contributed by atoms with E-state index in [2.05, 4.69) is 20.9 Å². The molecule has 8 heteroatoms. The minimum absolute atomic E-state index is 0.0325. The quantitative estimate of drug-likeness (QED) is 0.585. The third kappa shape index (κ3) is 4.99. The lowest BCUT2D eigenvalue weighted by atomic mass is 9.98. The zero-order valence-electron chi connectivity index (χ0n) is 20.0. The summed E-state index contributed by atoms with van der Waals surface area (Å²) >= 11 is 0. The van der Waals surface area contributed by atoms with E-state index in [0.29, 0.717) is 6.54 Å². The van der Waals surface area contributed by atoms with Crippen LogP contribution in [0.2, 0.25) is 0 Å². The van der Waals surface area contributed by atoms with Crippen LogP contribution in [0, 0.1) is 0 Å². The first-order chi connectivity index (χ1) is 17.1. The van der Waals surface area contributed by atoms with Crippen molar-refractivity contribution in [3.63, 3.8) is 0 Å². The molecule has 2 aromatic carbocycles. The van der Waals surface area contributed by atoms with Gasteiger partial charge in [0, 0.05) is 43.5 Å². The summed E-state index contributed by atoms with van der Waals surface area (Å²) in [5, 5.41) is 0. The highest BCUT2D eigenvalue weighted by Crippen LogP contribution is 2.38. The highest BCUT2D eigenvalue weighted by atomic mass is 16.5. The van der Waals surface area contributed by atoms with Crippen molar-refractivity contribution >= 4 is 11.9 Å². The summed E-state index contributed by atoms with van der Waals surface area (Å²) in [6.07, 6.45) is 3.48. The van der Waals surface area contributed by atoms with Gasteiger partial charge in [-0.2, -0.15) is 0 Å². The lowest BCUT2D eigenvalue weighted by Crippen LogP contribution is -2.37. The molecule has 0 spiro atoms. The molecule has 2 fully saturated rings. The predicted octanol–water partition coefficient (Wildman–Crippen LogP) is 3.54. The lowest BCUT2D eigenvalue weighted by Gasteiger charge is -2.29. The molecule has 3 aromatic rings. The third-order valence-electron chi connectivity index (χ3n) is 6.79. The second kappa shape index (κ2) is 10.4. The molecule has 0 saturated carbocycles. The maximum Gasteiger partial charge on any atom is 0.254 e. The van der Waals surface area contributed by atoms with Gasteiger partial charge < -0.3 is 20.1 Å². The van der Waals surface area contributed by atoms with Crippen LogP contribution in [0.1, 0.15) is 40.5 Å². The fourth-order valence-corrected chi connectivity index (χ4v) is 4.99. The molecule has 1 aromatic heterocycles. The van der Waals surface area contributed by atoms with Gasteiger partial charge in [-0.25, -0.2) is 9.97 Å². The smallest absolute Gasteiger partial charge is 0.254 e. The van der Waals surface area contributed by atoms with E-state index in [4.69, 9.17) is 15.2 Å². The predicted molar refractivity (Wildman–Crippen MR) is 134 cm³/mol. The van der Waals surface area contributed by atoms with E-state index in [-0.39, 0.29) is 17.9 Å². The van der Waals surface area contributed by atoms with Gasteiger partial charge in [-0.05, 0) is 42.2 Å². The van der Waals surface area contributed by atoms with Crippen LogP contribution < -0.4 is 10.5 Å². The van der Waals surface area contributed by atoms with Gasteiger partial charge in [-0.1, -0.05) is 30.3 Å². The molecule has 2 aliphatic heterocycles. The average Bonchev–Trinajstić information content (AvgIpc) is 3.39. The van der Waals surface area contributed by atoms with Crippen LogP contribution >= 0.6 is 0 Å². The van der Waals surface area contributed by atoms with Gasteiger partial charge in [0.05, 0.1) is 32.1 Å². The first kappa shape index (κ1) is 23.3. The Balaban J connectivity index is 1.47. The Morgan fingerprint density at radius 2 is 1.97 bits per heavy atom. The molecule has 3 heterocycles. The molecule has 5 rings (SSSR count). The van der Waals surface area contributed by atoms with Gasteiger partial charge >= 0.3 is 0 Å². The Kier molecular flexibility index (Phi) is 6.92. The lowest BCUT2D eigenvalue weighted by molar-refractivity contribution is 0.0339. The van der Waals surface area contributed by atoms with Crippen LogP contribution in [0.3, 0.4) is 0 Å². The van der Waals surface area contributed by atoms with Crippen molar-refractivity contribution in [3.8, 4) is 16.9 Å². The number of morpholine rings is 1. The molecule has 2 N–H and O–H groups in total. The van der Waals surface area contributed by atoms with E-state index in [1.165, 1.54) is 0 Å². The van der Waals surface area contributed by atoms with Crippen LogP contribution in [0.25, 0.3) is 11.1 Å². The van der Waals surface area contributed by atoms with Crippen LogP contribution in [0.15, 0.2) is 54.7 Å². The minimum atomic E-state index is -0.176. The van der Waals surface area contributed by atoms with E-state index in [0.717, 1.165) is 79.4 Å². The monoisotopic (exact) mass is 473 g/mol. The maximum atomic E-state index is 13.9. The maximum absolute atomic E-state index is 13.9. The molecule has 1 amide bonds. The van der Waals surface area contributed by atoms with Crippen molar-refractivity contribution in [2.45, 2.75) is 25.4 Å². The summed E-state index contributed by atoms with van der Waals surface area (Å²) in [6, 6.07) is 15.5. The zero-order valence-corrected chi connectivity index (χ0v) is 20.0. The zero-order chi connectivity index (χ0) is 24.2. The second-order valence-electron chi connectivity index (χ2n) is 8.96. The van der Waals surface area contributed by atoms with Gasteiger partial charge in [-0.15, -0.1) is 0 Å². The summed E-state index contributed by atoms with van der Waals surface area (Å²) in [4.78, 5) is 27.1. The first-order valence-electron chi connectivity index (χ1n) is 12.1. The second-order valence-corrected chi connectivity index (χ2v) is 8.96. The highest BCUT2D eigenvalue weighted by Gasteiger charge is 2.34. The van der Waals surface area contributed by atoms with Gasteiger partial charge in [0.25, 0.3) is 5.91 Å². The molecule has 0 aliphatic carbocycles. The Labute approximate surface area is 205 Å². The molecule has 0 radical (unpaired) electrons. The van der Waals surface area contributed by atoms with Crippen molar-refractivity contribution in [2.24, 2.45) is 0 Å². The molecule has 8 nitrogen and oxygen atoms in total. The van der Waals surface area contributed by atoms with Crippen LogP contribution in [0.5, 0.6) is 5.75 Å². The van der Waals surface area contributed by atoms with Crippen molar-refractivity contribution in [1.82, 2.24) is 19.8 Å². The molecule has 1 atom stereocenters. The molecule has 0 bridgehead atoms. The number of ether oxygens (including phenoxy) is 2. The fourth-order valence-electron chi connectivity index (χ4n) is 4.99. The van der Waals surface area contributed by atoms with E-state index in [1.807, 2.05) is 47.4 Å². The SMILES string of the molecule is COc1cccc(-c2cnc(N)nc2[C@@H]2CCCN2C(=O)c2ccccc2CN2CCOCC2)c1. The summed E-state index contributed by atoms with van der Waals surface area (Å²) < 4.78 is 10.9. The van der Waals surface area contributed by atoms with Crippen molar-refractivity contribution in [2.75, 3.05) is 45.7 Å². The average molecular weight is 474 g/mol. The third-order valence-corrected chi connectivity index (χ3v) is 6.79. The summed E-state index contributed by atoms with van der Waals surface area (Å²) in [7, 11) is 1.64. The number of hydrogen-bond donors (Lipinski definition) is 1. The number of amides is 1. The number of nitrogens with two attached hydrogens (primary N) is 1. The fraction of sp³-hybridized carbons (Fsp3) is 0.370. The van der Waals surface area contributed by atoms with E-state index >= 15 is 0 Å². The van der Waals surface area contributed by atoms with E-state index < -0.39 is 0 Å². The van der Waals surface area contributed by atoms with Crippen molar-refractivity contribution < 1.29 is 14.3 Å². The highest BCUT2D eigenvalue weighted by molar-refractivity contribution is 5.96. The minimum Gasteiger partial charge on any atom is -0.497 e. The number of methoxy groups -OCH3 is 1.